The second-order valence-electron chi connectivity index (χ2n) is 4.26. The molecule has 0 amide bonds. The van der Waals surface area contributed by atoms with Crippen LogP contribution in [0.5, 0.6) is 5.75 Å². The molecule has 0 aliphatic heterocycles. The summed E-state index contributed by atoms with van der Waals surface area (Å²) >= 11 is 0. The number of halogens is 1. The average molecular weight is 271 g/mol. The first-order valence-corrected chi connectivity index (χ1v) is 6.11. The molecule has 2 rings (SSSR count). The molecule has 2 aromatic rings. The maximum atomic E-state index is 13.3. The lowest BCUT2D eigenvalue weighted by Gasteiger charge is -2.08. The number of nitrogens with zero attached hydrogens (tertiary/aromatic N) is 1. The Morgan fingerprint density at radius 3 is 2.90 bits per heavy atom. The summed E-state index contributed by atoms with van der Waals surface area (Å²) in [6.45, 7) is 1.97. The van der Waals surface area contributed by atoms with Crippen LogP contribution in [0.15, 0.2) is 36.7 Å². The van der Waals surface area contributed by atoms with Gasteiger partial charge in [-0.25, -0.2) is 4.39 Å². The molecular formula is C16H14FNO2. The van der Waals surface area contributed by atoms with Gasteiger partial charge >= 0.3 is 0 Å². The number of ether oxygens (including phenoxy) is 1. The van der Waals surface area contributed by atoms with Crippen molar-refractivity contribution in [1.82, 2.24) is 4.98 Å². The summed E-state index contributed by atoms with van der Waals surface area (Å²) in [6.07, 6.45) is 3.45. The summed E-state index contributed by atoms with van der Waals surface area (Å²) in [6, 6.07) is 6.07. The molecule has 0 bridgehead atoms. The van der Waals surface area contributed by atoms with Gasteiger partial charge in [-0.15, -0.1) is 0 Å². The molecule has 0 fully saturated rings. The first kappa shape index (κ1) is 14.0. The van der Waals surface area contributed by atoms with E-state index >= 15 is 0 Å². The van der Waals surface area contributed by atoms with E-state index < -0.39 is 5.82 Å². The lowest BCUT2D eigenvalue weighted by atomic mass is 10.2. The van der Waals surface area contributed by atoms with E-state index in [1.54, 1.807) is 12.4 Å². The number of hydrogen-bond acceptors (Lipinski definition) is 3. The van der Waals surface area contributed by atoms with Gasteiger partial charge in [0.1, 0.15) is 24.8 Å². The number of hydrogen-bond donors (Lipinski definition) is 1. The molecule has 0 spiro atoms. The van der Waals surface area contributed by atoms with E-state index in [2.05, 4.69) is 16.8 Å². The summed E-state index contributed by atoms with van der Waals surface area (Å²) in [5, 5.41) is 8.71. The van der Waals surface area contributed by atoms with Crippen molar-refractivity contribution in [1.29, 1.82) is 0 Å². The minimum atomic E-state index is -0.392. The van der Waals surface area contributed by atoms with E-state index in [4.69, 9.17) is 9.84 Å². The van der Waals surface area contributed by atoms with Crippen LogP contribution >= 0.6 is 0 Å². The van der Waals surface area contributed by atoms with E-state index in [9.17, 15) is 4.39 Å². The molecule has 1 N–H and O–H groups in total. The predicted molar refractivity (Wildman–Crippen MR) is 73.7 cm³/mol. The van der Waals surface area contributed by atoms with Crippen molar-refractivity contribution >= 4 is 0 Å². The van der Waals surface area contributed by atoms with Crippen molar-refractivity contribution in [2.75, 3.05) is 6.61 Å². The van der Waals surface area contributed by atoms with Crippen LogP contribution in [0.3, 0.4) is 0 Å². The number of aliphatic hydroxyl groups is 1. The predicted octanol–water partition coefficient (Wildman–Crippen LogP) is 2.45. The highest BCUT2D eigenvalue weighted by atomic mass is 19.1. The molecule has 0 saturated heterocycles. The lowest BCUT2D eigenvalue weighted by molar-refractivity contribution is 0.303. The Bertz CT molecular complexity index is 659. The van der Waals surface area contributed by atoms with E-state index in [0.29, 0.717) is 11.3 Å². The molecule has 4 heteroatoms. The summed E-state index contributed by atoms with van der Waals surface area (Å²) in [7, 11) is 0. The van der Waals surface area contributed by atoms with E-state index in [-0.39, 0.29) is 13.2 Å². The van der Waals surface area contributed by atoms with Crippen LogP contribution in [0.2, 0.25) is 0 Å². The number of benzene rings is 1. The maximum Gasteiger partial charge on any atom is 0.138 e. The molecule has 0 aliphatic carbocycles. The Labute approximate surface area is 117 Å². The molecule has 0 atom stereocenters. The second kappa shape index (κ2) is 6.69. The van der Waals surface area contributed by atoms with Crippen LogP contribution in [0.1, 0.15) is 16.7 Å². The van der Waals surface area contributed by atoms with Gasteiger partial charge in [0.15, 0.2) is 0 Å². The molecule has 0 aliphatic rings. The Kier molecular flexibility index (Phi) is 4.70. The van der Waals surface area contributed by atoms with Gasteiger partial charge in [0.25, 0.3) is 0 Å². The molecule has 0 radical (unpaired) electrons. The minimum absolute atomic E-state index is 0.251. The van der Waals surface area contributed by atoms with Crippen LogP contribution in [0.4, 0.5) is 4.39 Å². The molecule has 20 heavy (non-hydrogen) atoms. The van der Waals surface area contributed by atoms with Gasteiger partial charge in [-0.2, -0.15) is 0 Å². The Morgan fingerprint density at radius 2 is 2.15 bits per heavy atom. The SMILES string of the molecule is Cc1cncc(COc2cc(F)ccc2C#CCO)c1. The van der Waals surface area contributed by atoms with E-state index in [1.807, 2.05) is 13.0 Å². The number of pyridine rings is 1. The standard InChI is InChI=1S/C16H14FNO2/c1-12-7-13(10-18-9-12)11-20-16-8-15(17)5-4-14(16)3-2-6-19/h4-5,7-10,19H,6,11H2,1H3. The minimum Gasteiger partial charge on any atom is -0.487 e. The van der Waals surface area contributed by atoms with Gasteiger partial charge in [0.2, 0.25) is 0 Å². The van der Waals surface area contributed by atoms with Crippen molar-refractivity contribution in [2.45, 2.75) is 13.5 Å². The summed E-state index contributed by atoms with van der Waals surface area (Å²) < 4.78 is 18.9. The Morgan fingerprint density at radius 1 is 1.30 bits per heavy atom. The van der Waals surface area contributed by atoms with Gasteiger partial charge in [0, 0.05) is 24.0 Å². The molecule has 1 heterocycles. The van der Waals surface area contributed by atoms with Crippen LogP contribution in [0.25, 0.3) is 0 Å². The Hall–Kier alpha value is -2.38. The first-order chi connectivity index (χ1) is 9.69. The number of aryl methyl sites for hydroxylation is 1. The zero-order valence-electron chi connectivity index (χ0n) is 11.1. The van der Waals surface area contributed by atoms with Crippen LogP contribution in [-0.4, -0.2) is 16.7 Å². The third-order valence-electron chi connectivity index (χ3n) is 2.57. The fraction of sp³-hybridized carbons (Fsp3) is 0.188. The molecule has 0 saturated carbocycles. The van der Waals surface area contributed by atoms with Crippen molar-refractivity contribution in [3.8, 4) is 17.6 Å². The third kappa shape index (κ3) is 3.81. The largest absolute Gasteiger partial charge is 0.487 e. The van der Waals surface area contributed by atoms with Crippen LogP contribution < -0.4 is 4.74 Å². The van der Waals surface area contributed by atoms with Crippen molar-refractivity contribution in [3.05, 3.63) is 59.2 Å². The topological polar surface area (TPSA) is 42.4 Å². The zero-order chi connectivity index (χ0) is 14.4. The van der Waals surface area contributed by atoms with Gasteiger partial charge < -0.3 is 9.84 Å². The molecule has 1 aromatic carbocycles. The summed E-state index contributed by atoms with van der Waals surface area (Å²) in [5.74, 6) is 5.22. The van der Waals surface area contributed by atoms with Crippen LogP contribution in [0, 0.1) is 24.6 Å². The van der Waals surface area contributed by atoms with Crippen molar-refractivity contribution in [3.63, 3.8) is 0 Å². The first-order valence-electron chi connectivity index (χ1n) is 6.11. The second-order valence-corrected chi connectivity index (χ2v) is 4.26. The number of aromatic nitrogens is 1. The fourth-order valence-corrected chi connectivity index (χ4v) is 1.71. The lowest BCUT2D eigenvalue weighted by Crippen LogP contribution is -1.99. The highest BCUT2D eigenvalue weighted by Crippen LogP contribution is 2.20. The van der Waals surface area contributed by atoms with E-state index in [1.165, 1.54) is 18.2 Å². The van der Waals surface area contributed by atoms with Gasteiger partial charge in [-0.05, 0) is 30.7 Å². The van der Waals surface area contributed by atoms with E-state index in [0.717, 1.165) is 11.1 Å². The smallest absolute Gasteiger partial charge is 0.138 e. The average Bonchev–Trinajstić information content (AvgIpc) is 2.44. The molecule has 102 valence electrons. The van der Waals surface area contributed by atoms with Crippen molar-refractivity contribution < 1.29 is 14.2 Å². The fourth-order valence-electron chi connectivity index (χ4n) is 1.71. The summed E-state index contributed by atoms with van der Waals surface area (Å²) in [4.78, 5) is 4.07. The number of rotatable bonds is 3. The van der Waals surface area contributed by atoms with Crippen molar-refractivity contribution in [2.24, 2.45) is 0 Å². The third-order valence-corrected chi connectivity index (χ3v) is 2.57. The normalized spacial score (nSPS) is 9.75. The zero-order valence-corrected chi connectivity index (χ0v) is 11.1. The molecule has 3 nitrogen and oxygen atoms in total. The molecular weight excluding hydrogens is 257 g/mol. The highest BCUT2D eigenvalue weighted by molar-refractivity contribution is 5.46. The monoisotopic (exact) mass is 271 g/mol. The molecule has 1 aromatic heterocycles. The molecule has 0 unspecified atom stereocenters. The highest BCUT2D eigenvalue weighted by Gasteiger charge is 2.04. The van der Waals surface area contributed by atoms with Gasteiger partial charge in [-0.1, -0.05) is 11.8 Å². The van der Waals surface area contributed by atoms with Crippen LogP contribution in [-0.2, 0) is 6.61 Å². The number of aliphatic hydroxyl groups excluding tert-OH is 1. The van der Waals surface area contributed by atoms with Gasteiger partial charge in [0.05, 0.1) is 5.56 Å². The quantitative estimate of drug-likeness (QED) is 0.872. The van der Waals surface area contributed by atoms with Gasteiger partial charge in [-0.3, -0.25) is 4.98 Å². The Balaban J connectivity index is 2.17. The summed E-state index contributed by atoms with van der Waals surface area (Å²) in [5.41, 5.74) is 2.47. The maximum absolute atomic E-state index is 13.3.